The van der Waals surface area contributed by atoms with E-state index in [0.29, 0.717) is 25.6 Å². The van der Waals surface area contributed by atoms with E-state index >= 15 is 0 Å². The minimum atomic E-state index is 0.0267. The number of aromatic nitrogens is 2. The number of carbonyl (C=O) groups is 1. The molecule has 5 nitrogen and oxygen atoms in total. The lowest BCUT2D eigenvalue weighted by Gasteiger charge is -2.07. The predicted octanol–water partition coefficient (Wildman–Crippen LogP) is 0.481. The molecule has 0 bridgehead atoms. The standard InChI is InChI=1S/C11H18N4O/c1-9(2)12-7-5-11(16)13-8-10-4-3-6-14-15-10/h3-4,6,9,12H,5,7-8H2,1-2H3,(H,13,16). The lowest BCUT2D eigenvalue weighted by Crippen LogP contribution is -2.30. The molecule has 0 aliphatic rings. The van der Waals surface area contributed by atoms with Crippen LogP contribution >= 0.6 is 0 Å². The number of carbonyl (C=O) groups excluding carboxylic acids is 1. The smallest absolute Gasteiger partial charge is 0.221 e. The number of nitrogens with one attached hydrogen (secondary N) is 2. The van der Waals surface area contributed by atoms with Gasteiger partial charge in [0.1, 0.15) is 0 Å². The van der Waals surface area contributed by atoms with Crippen molar-refractivity contribution in [3.63, 3.8) is 0 Å². The van der Waals surface area contributed by atoms with Crippen molar-refractivity contribution in [3.8, 4) is 0 Å². The first-order valence-electron chi connectivity index (χ1n) is 5.45. The molecule has 0 aromatic carbocycles. The molecule has 1 aromatic rings. The van der Waals surface area contributed by atoms with E-state index in [2.05, 4.69) is 34.7 Å². The third-order valence-corrected chi connectivity index (χ3v) is 2.00. The highest BCUT2D eigenvalue weighted by Gasteiger charge is 2.02. The third-order valence-electron chi connectivity index (χ3n) is 2.00. The van der Waals surface area contributed by atoms with Crippen molar-refractivity contribution in [2.45, 2.75) is 32.9 Å². The van der Waals surface area contributed by atoms with Crippen molar-refractivity contribution in [3.05, 3.63) is 24.0 Å². The lowest BCUT2D eigenvalue weighted by atomic mass is 10.3. The normalized spacial score (nSPS) is 10.4. The quantitative estimate of drug-likeness (QED) is 0.734. The average molecular weight is 222 g/mol. The molecule has 16 heavy (non-hydrogen) atoms. The van der Waals surface area contributed by atoms with Crippen LogP contribution in [0.25, 0.3) is 0 Å². The Morgan fingerprint density at radius 3 is 2.94 bits per heavy atom. The van der Waals surface area contributed by atoms with Crippen molar-refractivity contribution in [1.29, 1.82) is 0 Å². The van der Waals surface area contributed by atoms with E-state index in [1.165, 1.54) is 0 Å². The summed E-state index contributed by atoms with van der Waals surface area (Å²) in [4.78, 5) is 11.4. The van der Waals surface area contributed by atoms with Crippen LogP contribution in [-0.2, 0) is 11.3 Å². The molecule has 0 aliphatic carbocycles. The number of hydrogen-bond donors (Lipinski definition) is 2. The Kier molecular flexibility index (Phi) is 5.42. The zero-order chi connectivity index (χ0) is 11.8. The first kappa shape index (κ1) is 12.6. The molecule has 88 valence electrons. The molecule has 1 rings (SSSR count). The molecule has 0 aliphatic heterocycles. The van der Waals surface area contributed by atoms with Crippen molar-refractivity contribution < 1.29 is 4.79 Å². The second-order valence-electron chi connectivity index (χ2n) is 3.85. The van der Waals surface area contributed by atoms with Crippen molar-refractivity contribution >= 4 is 5.91 Å². The van der Waals surface area contributed by atoms with Gasteiger partial charge in [-0.05, 0) is 12.1 Å². The molecule has 0 spiro atoms. The molecule has 0 unspecified atom stereocenters. The van der Waals surface area contributed by atoms with E-state index in [1.807, 2.05) is 6.07 Å². The summed E-state index contributed by atoms with van der Waals surface area (Å²) in [5.74, 6) is 0.0267. The molecule has 5 heteroatoms. The minimum absolute atomic E-state index is 0.0267. The van der Waals surface area contributed by atoms with E-state index in [0.717, 1.165) is 5.69 Å². The zero-order valence-corrected chi connectivity index (χ0v) is 9.73. The fourth-order valence-corrected chi connectivity index (χ4v) is 1.18. The van der Waals surface area contributed by atoms with Crippen LogP contribution in [0.3, 0.4) is 0 Å². The van der Waals surface area contributed by atoms with Crippen LogP contribution in [0.15, 0.2) is 18.3 Å². The van der Waals surface area contributed by atoms with Gasteiger partial charge in [-0.15, -0.1) is 0 Å². The molecular formula is C11H18N4O. The van der Waals surface area contributed by atoms with Crippen LogP contribution in [0.5, 0.6) is 0 Å². The van der Waals surface area contributed by atoms with Gasteiger partial charge in [-0.3, -0.25) is 4.79 Å². The van der Waals surface area contributed by atoms with Crippen LogP contribution in [-0.4, -0.2) is 28.7 Å². The maximum Gasteiger partial charge on any atom is 0.221 e. The maximum absolute atomic E-state index is 11.4. The van der Waals surface area contributed by atoms with Gasteiger partial charge >= 0.3 is 0 Å². The van der Waals surface area contributed by atoms with Crippen LogP contribution in [0.1, 0.15) is 26.0 Å². The van der Waals surface area contributed by atoms with Crippen LogP contribution in [0.4, 0.5) is 0 Å². The van der Waals surface area contributed by atoms with E-state index in [4.69, 9.17) is 0 Å². The first-order valence-corrected chi connectivity index (χ1v) is 5.45. The van der Waals surface area contributed by atoms with Crippen LogP contribution in [0, 0.1) is 0 Å². The van der Waals surface area contributed by atoms with Crippen LogP contribution < -0.4 is 10.6 Å². The Labute approximate surface area is 95.7 Å². The predicted molar refractivity (Wildman–Crippen MR) is 61.6 cm³/mol. The van der Waals surface area contributed by atoms with Gasteiger partial charge in [0.15, 0.2) is 0 Å². The van der Waals surface area contributed by atoms with Gasteiger partial charge in [-0.2, -0.15) is 10.2 Å². The number of nitrogens with zero attached hydrogens (tertiary/aromatic N) is 2. The molecule has 2 N–H and O–H groups in total. The summed E-state index contributed by atoms with van der Waals surface area (Å²) in [5, 5.41) is 13.6. The van der Waals surface area contributed by atoms with Gasteiger partial charge in [-0.25, -0.2) is 0 Å². The fourth-order valence-electron chi connectivity index (χ4n) is 1.18. The maximum atomic E-state index is 11.4. The van der Waals surface area contributed by atoms with Gasteiger partial charge in [0.25, 0.3) is 0 Å². The summed E-state index contributed by atoms with van der Waals surface area (Å²) in [6.45, 7) is 5.24. The second-order valence-corrected chi connectivity index (χ2v) is 3.85. The van der Waals surface area contributed by atoms with Gasteiger partial charge in [-0.1, -0.05) is 13.8 Å². The number of rotatable bonds is 6. The summed E-state index contributed by atoms with van der Waals surface area (Å²) in [6, 6.07) is 4.04. The first-order chi connectivity index (χ1) is 7.68. The summed E-state index contributed by atoms with van der Waals surface area (Å²) in [7, 11) is 0. The molecule has 0 atom stereocenters. The molecule has 0 saturated carbocycles. The monoisotopic (exact) mass is 222 g/mol. The highest BCUT2D eigenvalue weighted by molar-refractivity contribution is 5.75. The third kappa shape index (κ3) is 5.41. The Balaban J connectivity index is 2.16. The Bertz CT molecular complexity index is 313. The molecule has 1 amide bonds. The molecule has 1 aromatic heterocycles. The Hall–Kier alpha value is -1.49. The topological polar surface area (TPSA) is 66.9 Å². The molecular weight excluding hydrogens is 204 g/mol. The fraction of sp³-hybridized carbons (Fsp3) is 0.545. The lowest BCUT2D eigenvalue weighted by molar-refractivity contribution is -0.121. The highest BCUT2D eigenvalue weighted by Crippen LogP contribution is 1.90. The van der Waals surface area contributed by atoms with E-state index < -0.39 is 0 Å². The van der Waals surface area contributed by atoms with E-state index in [9.17, 15) is 4.79 Å². The Morgan fingerprint density at radius 1 is 1.50 bits per heavy atom. The summed E-state index contributed by atoms with van der Waals surface area (Å²) < 4.78 is 0. The molecule has 0 saturated heterocycles. The summed E-state index contributed by atoms with van der Waals surface area (Å²) >= 11 is 0. The highest BCUT2D eigenvalue weighted by atomic mass is 16.1. The molecule has 1 heterocycles. The van der Waals surface area contributed by atoms with E-state index in [-0.39, 0.29) is 5.91 Å². The van der Waals surface area contributed by atoms with Crippen molar-refractivity contribution in [2.75, 3.05) is 6.54 Å². The minimum Gasteiger partial charge on any atom is -0.350 e. The van der Waals surface area contributed by atoms with Crippen molar-refractivity contribution in [1.82, 2.24) is 20.8 Å². The van der Waals surface area contributed by atoms with Gasteiger partial charge in [0.2, 0.25) is 5.91 Å². The number of hydrogen-bond acceptors (Lipinski definition) is 4. The average Bonchev–Trinajstić information content (AvgIpc) is 2.27. The molecule has 0 radical (unpaired) electrons. The Morgan fingerprint density at radius 2 is 2.31 bits per heavy atom. The second kappa shape index (κ2) is 6.90. The summed E-state index contributed by atoms with van der Waals surface area (Å²) in [6.07, 6.45) is 2.09. The zero-order valence-electron chi connectivity index (χ0n) is 9.73. The van der Waals surface area contributed by atoms with Crippen molar-refractivity contribution in [2.24, 2.45) is 0 Å². The number of amides is 1. The SMILES string of the molecule is CC(C)NCCC(=O)NCc1cccnn1. The van der Waals surface area contributed by atoms with Gasteiger partial charge < -0.3 is 10.6 Å². The van der Waals surface area contributed by atoms with Gasteiger partial charge in [0.05, 0.1) is 12.2 Å². The largest absolute Gasteiger partial charge is 0.350 e. The summed E-state index contributed by atoms with van der Waals surface area (Å²) in [5.41, 5.74) is 0.771. The molecule has 0 fully saturated rings. The van der Waals surface area contributed by atoms with Crippen LogP contribution in [0.2, 0.25) is 0 Å². The van der Waals surface area contributed by atoms with Gasteiger partial charge in [0, 0.05) is 25.2 Å². The van der Waals surface area contributed by atoms with E-state index in [1.54, 1.807) is 12.3 Å².